The number of anilines is 1. The van der Waals surface area contributed by atoms with E-state index in [0.29, 0.717) is 16.7 Å². The molecule has 0 aromatic heterocycles. The monoisotopic (exact) mass is 280 g/mol. The third-order valence-corrected chi connectivity index (χ3v) is 4.49. The number of nitro groups is 1. The van der Waals surface area contributed by atoms with Gasteiger partial charge in [-0.3, -0.25) is 14.9 Å². The molecule has 1 aromatic rings. The van der Waals surface area contributed by atoms with Gasteiger partial charge < -0.3 is 5.32 Å². The fraction of sp³-hybridized carbons (Fsp3) is 0.462. The van der Waals surface area contributed by atoms with Gasteiger partial charge in [0.25, 0.3) is 5.69 Å². The van der Waals surface area contributed by atoms with Crippen LogP contribution in [0.3, 0.4) is 0 Å². The number of amides is 1. The minimum atomic E-state index is -0.457. The van der Waals surface area contributed by atoms with E-state index in [9.17, 15) is 14.9 Å². The standard InChI is InChI=1S/C13H16N2O3S/c16-13(9-19-12-3-1-2-4-12)14-10-5-7-11(8-6-10)15(17)18/h5-8,12H,1-4,9H2,(H,14,16). The van der Waals surface area contributed by atoms with Crippen molar-refractivity contribution in [1.29, 1.82) is 0 Å². The maximum Gasteiger partial charge on any atom is 0.269 e. The summed E-state index contributed by atoms with van der Waals surface area (Å²) in [6.45, 7) is 0. The van der Waals surface area contributed by atoms with Gasteiger partial charge in [0, 0.05) is 23.1 Å². The fourth-order valence-electron chi connectivity index (χ4n) is 2.11. The Morgan fingerprint density at radius 2 is 1.95 bits per heavy atom. The van der Waals surface area contributed by atoms with Crippen LogP contribution in [0.4, 0.5) is 11.4 Å². The molecule has 0 radical (unpaired) electrons. The van der Waals surface area contributed by atoms with Crippen molar-refractivity contribution in [1.82, 2.24) is 0 Å². The van der Waals surface area contributed by atoms with Crippen molar-refractivity contribution < 1.29 is 9.72 Å². The summed E-state index contributed by atoms with van der Waals surface area (Å²) in [6.07, 6.45) is 4.94. The van der Waals surface area contributed by atoms with Gasteiger partial charge in [0.2, 0.25) is 5.91 Å². The molecule has 1 amide bonds. The Hall–Kier alpha value is -1.56. The molecular formula is C13H16N2O3S. The Balaban J connectivity index is 1.79. The molecule has 0 atom stereocenters. The lowest BCUT2D eigenvalue weighted by Gasteiger charge is -2.09. The van der Waals surface area contributed by atoms with Crippen LogP contribution in [-0.4, -0.2) is 21.8 Å². The topological polar surface area (TPSA) is 72.2 Å². The van der Waals surface area contributed by atoms with Crippen molar-refractivity contribution in [2.24, 2.45) is 0 Å². The van der Waals surface area contributed by atoms with Crippen molar-refractivity contribution >= 4 is 29.0 Å². The van der Waals surface area contributed by atoms with Crippen LogP contribution in [0.1, 0.15) is 25.7 Å². The molecule has 102 valence electrons. The quantitative estimate of drug-likeness (QED) is 0.664. The van der Waals surface area contributed by atoms with E-state index < -0.39 is 4.92 Å². The van der Waals surface area contributed by atoms with Crippen molar-refractivity contribution in [2.45, 2.75) is 30.9 Å². The van der Waals surface area contributed by atoms with Gasteiger partial charge in [0.1, 0.15) is 0 Å². The van der Waals surface area contributed by atoms with E-state index in [1.807, 2.05) is 0 Å². The van der Waals surface area contributed by atoms with Gasteiger partial charge in [-0.1, -0.05) is 12.8 Å². The molecular weight excluding hydrogens is 264 g/mol. The van der Waals surface area contributed by atoms with E-state index >= 15 is 0 Å². The summed E-state index contributed by atoms with van der Waals surface area (Å²) in [6, 6.07) is 5.88. The molecule has 1 aliphatic carbocycles. The number of non-ortho nitro benzene ring substituents is 1. The minimum absolute atomic E-state index is 0.0262. The first-order valence-electron chi connectivity index (χ1n) is 6.31. The third-order valence-electron chi connectivity index (χ3n) is 3.11. The highest BCUT2D eigenvalue weighted by Gasteiger charge is 2.16. The fourth-order valence-corrected chi connectivity index (χ4v) is 3.24. The molecule has 1 fully saturated rings. The van der Waals surface area contributed by atoms with Gasteiger partial charge in [-0.2, -0.15) is 0 Å². The normalized spacial score (nSPS) is 15.4. The zero-order valence-corrected chi connectivity index (χ0v) is 11.3. The molecule has 2 rings (SSSR count). The summed E-state index contributed by atoms with van der Waals surface area (Å²) in [5, 5.41) is 13.9. The summed E-state index contributed by atoms with van der Waals surface area (Å²) in [7, 11) is 0. The average Bonchev–Trinajstić information content (AvgIpc) is 2.90. The highest BCUT2D eigenvalue weighted by atomic mass is 32.2. The lowest BCUT2D eigenvalue weighted by atomic mass is 10.3. The molecule has 0 saturated heterocycles. The highest BCUT2D eigenvalue weighted by Crippen LogP contribution is 2.29. The van der Waals surface area contributed by atoms with Crippen LogP contribution < -0.4 is 5.32 Å². The zero-order valence-electron chi connectivity index (χ0n) is 10.5. The van der Waals surface area contributed by atoms with Crippen LogP contribution >= 0.6 is 11.8 Å². The van der Waals surface area contributed by atoms with E-state index in [2.05, 4.69) is 5.32 Å². The first-order chi connectivity index (χ1) is 9.15. The summed E-state index contributed by atoms with van der Waals surface area (Å²) in [4.78, 5) is 21.8. The van der Waals surface area contributed by atoms with Crippen LogP contribution in [0.25, 0.3) is 0 Å². The number of nitrogens with zero attached hydrogens (tertiary/aromatic N) is 1. The molecule has 19 heavy (non-hydrogen) atoms. The van der Waals surface area contributed by atoms with Gasteiger partial charge in [0.15, 0.2) is 0 Å². The van der Waals surface area contributed by atoms with E-state index in [4.69, 9.17) is 0 Å². The van der Waals surface area contributed by atoms with Crippen molar-refractivity contribution in [3.05, 3.63) is 34.4 Å². The van der Waals surface area contributed by atoms with Gasteiger partial charge in [-0.15, -0.1) is 11.8 Å². The number of benzene rings is 1. The van der Waals surface area contributed by atoms with E-state index in [-0.39, 0.29) is 11.6 Å². The first-order valence-corrected chi connectivity index (χ1v) is 7.36. The Bertz CT molecular complexity index is 455. The molecule has 0 aliphatic heterocycles. The molecule has 6 heteroatoms. The number of carbonyl (C=O) groups is 1. The largest absolute Gasteiger partial charge is 0.325 e. The second kappa shape index (κ2) is 6.56. The maximum atomic E-state index is 11.7. The van der Waals surface area contributed by atoms with Gasteiger partial charge in [-0.05, 0) is 25.0 Å². The van der Waals surface area contributed by atoms with Crippen LogP contribution in [0.15, 0.2) is 24.3 Å². The average molecular weight is 280 g/mol. The molecule has 1 saturated carbocycles. The van der Waals surface area contributed by atoms with Gasteiger partial charge in [-0.25, -0.2) is 0 Å². The van der Waals surface area contributed by atoms with E-state index in [1.54, 1.807) is 23.9 Å². The zero-order chi connectivity index (χ0) is 13.7. The van der Waals surface area contributed by atoms with Crippen molar-refractivity contribution in [2.75, 3.05) is 11.1 Å². The number of carbonyl (C=O) groups excluding carboxylic acids is 1. The molecule has 0 unspecified atom stereocenters. The second-order valence-corrected chi connectivity index (χ2v) is 5.86. The Morgan fingerprint density at radius 1 is 1.32 bits per heavy atom. The minimum Gasteiger partial charge on any atom is -0.325 e. The second-order valence-electron chi connectivity index (χ2n) is 4.57. The van der Waals surface area contributed by atoms with Crippen molar-refractivity contribution in [3.8, 4) is 0 Å². The maximum absolute atomic E-state index is 11.7. The number of hydrogen-bond acceptors (Lipinski definition) is 4. The number of thioether (sulfide) groups is 1. The van der Waals surface area contributed by atoms with Crippen molar-refractivity contribution in [3.63, 3.8) is 0 Å². The summed E-state index contributed by atoms with van der Waals surface area (Å²) in [5.74, 6) is 0.396. The van der Waals surface area contributed by atoms with Gasteiger partial charge >= 0.3 is 0 Å². The van der Waals surface area contributed by atoms with E-state index in [1.165, 1.54) is 37.8 Å². The number of nitro benzene ring substituents is 1. The van der Waals surface area contributed by atoms with E-state index in [0.717, 1.165) is 0 Å². The smallest absolute Gasteiger partial charge is 0.269 e. The highest BCUT2D eigenvalue weighted by molar-refractivity contribution is 8.00. The molecule has 1 aliphatic rings. The molecule has 0 spiro atoms. The summed E-state index contributed by atoms with van der Waals surface area (Å²) in [5.41, 5.74) is 0.626. The molecule has 1 aromatic carbocycles. The molecule has 0 heterocycles. The van der Waals surface area contributed by atoms with Crippen LogP contribution in [0.5, 0.6) is 0 Å². The lowest BCUT2D eigenvalue weighted by molar-refractivity contribution is -0.384. The first kappa shape index (κ1) is 13.9. The Kier molecular flexibility index (Phi) is 4.79. The number of rotatable bonds is 5. The van der Waals surface area contributed by atoms with Crippen LogP contribution in [-0.2, 0) is 4.79 Å². The number of hydrogen-bond donors (Lipinski definition) is 1. The third kappa shape index (κ3) is 4.24. The Labute approximate surface area is 115 Å². The summed E-state index contributed by atoms with van der Waals surface area (Å²) < 4.78 is 0. The van der Waals surface area contributed by atoms with Crippen LogP contribution in [0, 0.1) is 10.1 Å². The predicted octanol–water partition coefficient (Wildman–Crippen LogP) is 3.21. The molecule has 0 bridgehead atoms. The van der Waals surface area contributed by atoms with Crippen LogP contribution in [0.2, 0.25) is 0 Å². The SMILES string of the molecule is O=C(CSC1CCCC1)Nc1ccc([N+](=O)[O-])cc1. The number of nitrogens with one attached hydrogen (secondary N) is 1. The predicted molar refractivity (Wildman–Crippen MR) is 76.4 cm³/mol. The lowest BCUT2D eigenvalue weighted by Crippen LogP contribution is -2.15. The molecule has 5 nitrogen and oxygen atoms in total. The van der Waals surface area contributed by atoms with Gasteiger partial charge in [0.05, 0.1) is 10.7 Å². The summed E-state index contributed by atoms with van der Waals surface area (Å²) >= 11 is 1.70. The molecule has 1 N–H and O–H groups in total. The Morgan fingerprint density at radius 3 is 2.53 bits per heavy atom.